The fourth-order valence-electron chi connectivity index (χ4n) is 6.73. The van der Waals surface area contributed by atoms with Gasteiger partial charge in [-0.25, -0.2) is 0 Å². The van der Waals surface area contributed by atoms with Gasteiger partial charge in [-0.3, -0.25) is 4.99 Å². The molecule has 0 aromatic heterocycles. The van der Waals surface area contributed by atoms with E-state index in [4.69, 9.17) is 4.99 Å². The van der Waals surface area contributed by atoms with Crippen molar-refractivity contribution in [3.63, 3.8) is 0 Å². The SMILES string of the molecule is C=Cc1c(C=NCc2cccc(-c3ccc4c5ccccc5c5ccccc5c4c3)c2)c2ccccc2c2ccccc12. The fourth-order valence-corrected chi connectivity index (χ4v) is 6.73. The van der Waals surface area contributed by atoms with Crippen LogP contribution in [0.3, 0.4) is 0 Å². The van der Waals surface area contributed by atoms with E-state index in [2.05, 4.69) is 146 Å². The molecule has 0 saturated carbocycles. The first-order chi connectivity index (χ1) is 21.3. The lowest BCUT2D eigenvalue weighted by molar-refractivity contribution is 1.08. The molecule has 8 rings (SSSR count). The van der Waals surface area contributed by atoms with Crippen molar-refractivity contribution in [1.82, 2.24) is 0 Å². The summed E-state index contributed by atoms with van der Waals surface area (Å²) in [4.78, 5) is 4.96. The monoisotopic (exact) mass is 547 g/mol. The number of nitrogens with zero attached hydrogens (tertiary/aromatic N) is 1. The van der Waals surface area contributed by atoms with Crippen LogP contribution in [0.2, 0.25) is 0 Å². The minimum absolute atomic E-state index is 0.604. The number of rotatable bonds is 5. The number of fused-ring (bicyclic) bond motifs is 9. The van der Waals surface area contributed by atoms with Crippen molar-refractivity contribution in [2.24, 2.45) is 4.99 Å². The van der Waals surface area contributed by atoms with Crippen molar-refractivity contribution in [3.05, 3.63) is 163 Å². The first-order valence-electron chi connectivity index (χ1n) is 14.8. The quantitative estimate of drug-likeness (QED) is 0.150. The Bertz CT molecular complexity index is 2360. The third kappa shape index (κ3) is 4.21. The van der Waals surface area contributed by atoms with Crippen molar-refractivity contribution in [2.45, 2.75) is 6.54 Å². The molecule has 8 aromatic rings. The van der Waals surface area contributed by atoms with E-state index in [-0.39, 0.29) is 0 Å². The van der Waals surface area contributed by atoms with Gasteiger partial charge in [0.25, 0.3) is 0 Å². The van der Waals surface area contributed by atoms with Gasteiger partial charge < -0.3 is 0 Å². The Balaban J connectivity index is 1.18. The molecule has 8 aromatic carbocycles. The minimum Gasteiger partial charge on any atom is -0.288 e. The van der Waals surface area contributed by atoms with Crippen LogP contribution in [0.25, 0.3) is 71.1 Å². The number of aliphatic imine (C=N–C) groups is 1. The van der Waals surface area contributed by atoms with Gasteiger partial charge in [0, 0.05) is 11.8 Å². The molecule has 0 atom stereocenters. The molecule has 0 radical (unpaired) electrons. The Labute approximate surface area is 251 Å². The van der Waals surface area contributed by atoms with Gasteiger partial charge in [0.05, 0.1) is 6.54 Å². The zero-order valence-corrected chi connectivity index (χ0v) is 23.8. The second-order valence-electron chi connectivity index (χ2n) is 11.1. The highest BCUT2D eigenvalue weighted by atomic mass is 14.7. The molecule has 0 aliphatic heterocycles. The molecule has 0 spiro atoms. The number of hydrogen-bond donors (Lipinski definition) is 0. The summed E-state index contributed by atoms with van der Waals surface area (Å²) in [5.41, 5.74) is 5.85. The van der Waals surface area contributed by atoms with Gasteiger partial charge in [-0.1, -0.05) is 140 Å². The highest BCUT2D eigenvalue weighted by Gasteiger charge is 2.12. The van der Waals surface area contributed by atoms with E-state index < -0.39 is 0 Å². The fraction of sp³-hybridized carbons (Fsp3) is 0.0238. The smallest absolute Gasteiger partial charge is 0.0640 e. The molecule has 0 N–H and O–H groups in total. The molecule has 0 saturated heterocycles. The first-order valence-corrected chi connectivity index (χ1v) is 14.8. The summed E-state index contributed by atoms with van der Waals surface area (Å²) in [7, 11) is 0. The molecule has 202 valence electrons. The molecule has 0 aliphatic carbocycles. The summed E-state index contributed by atoms with van der Waals surface area (Å²) >= 11 is 0. The standard InChI is InChI=1S/C42H29N/c1-2-31-32-14-3-4-15-33(32)36-18-8-10-21-39(36)42(31)27-43-26-28-12-11-13-29(24-28)30-22-23-40-37-19-6-5-16-34(37)35-17-7-9-20-38(35)41(40)25-30/h2-25,27H,1,26H2. The first kappa shape index (κ1) is 25.2. The van der Waals surface area contributed by atoms with E-state index in [1.807, 2.05) is 12.3 Å². The largest absolute Gasteiger partial charge is 0.288 e. The molecular formula is C42H29N. The van der Waals surface area contributed by atoms with Crippen molar-refractivity contribution in [3.8, 4) is 11.1 Å². The molecule has 1 nitrogen and oxygen atoms in total. The maximum Gasteiger partial charge on any atom is 0.0640 e. The Morgan fingerprint density at radius 2 is 0.884 bits per heavy atom. The average Bonchev–Trinajstić information content (AvgIpc) is 3.08. The maximum atomic E-state index is 4.96. The van der Waals surface area contributed by atoms with E-state index in [1.54, 1.807) is 0 Å². The second kappa shape index (κ2) is 10.4. The van der Waals surface area contributed by atoms with Crippen LogP contribution in [0.5, 0.6) is 0 Å². The Kier molecular flexibility index (Phi) is 6.09. The van der Waals surface area contributed by atoms with Gasteiger partial charge in [-0.05, 0) is 88.2 Å². The van der Waals surface area contributed by atoms with Crippen LogP contribution in [0.15, 0.2) is 151 Å². The second-order valence-corrected chi connectivity index (χ2v) is 11.1. The molecule has 0 aliphatic rings. The predicted molar refractivity (Wildman–Crippen MR) is 187 cm³/mol. The lowest BCUT2D eigenvalue weighted by atomic mass is 9.92. The van der Waals surface area contributed by atoms with Gasteiger partial charge in [0.1, 0.15) is 0 Å². The zero-order valence-electron chi connectivity index (χ0n) is 23.8. The third-order valence-electron chi connectivity index (χ3n) is 8.72. The van der Waals surface area contributed by atoms with Crippen LogP contribution < -0.4 is 0 Å². The molecule has 1 heteroatoms. The molecule has 0 amide bonds. The van der Waals surface area contributed by atoms with Crippen LogP contribution in [0.4, 0.5) is 0 Å². The molecule has 0 heterocycles. The highest BCUT2D eigenvalue weighted by molar-refractivity contribution is 6.25. The Morgan fingerprint density at radius 1 is 0.419 bits per heavy atom. The van der Waals surface area contributed by atoms with Gasteiger partial charge in [0.2, 0.25) is 0 Å². The van der Waals surface area contributed by atoms with Gasteiger partial charge in [-0.15, -0.1) is 0 Å². The molecule has 0 fully saturated rings. The van der Waals surface area contributed by atoms with Gasteiger partial charge in [0.15, 0.2) is 0 Å². The van der Waals surface area contributed by atoms with Crippen LogP contribution in [0, 0.1) is 0 Å². The summed E-state index contributed by atoms with van der Waals surface area (Å²) in [6, 6.07) is 50.3. The van der Waals surface area contributed by atoms with E-state index in [1.165, 1.54) is 70.6 Å². The topological polar surface area (TPSA) is 12.4 Å². The lowest BCUT2D eigenvalue weighted by Gasteiger charge is -2.13. The Hall–Kier alpha value is -5.53. The summed E-state index contributed by atoms with van der Waals surface area (Å²) in [5, 5.41) is 12.7. The van der Waals surface area contributed by atoms with Crippen molar-refractivity contribution >= 4 is 66.2 Å². The lowest BCUT2D eigenvalue weighted by Crippen LogP contribution is -1.94. The van der Waals surface area contributed by atoms with E-state index >= 15 is 0 Å². The van der Waals surface area contributed by atoms with Gasteiger partial charge >= 0.3 is 0 Å². The normalized spacial score (nSPS) is 11.8. The summed E-state index contributed by atoms with van der Waals surface area (Å²) in [6.45, 7) is 4.76. The van der Waals surface area contributed by atoms with Crippen molar-refractivity contribution in [1.29, 1.82) is 0 Å². The highest BCUT2D eigenvalue weighted by Crippen LogP contribution is 2.37. The summed E-state index contributed by atoms with van der Waals surface area (Å²) in [5.74, 6) is 0. The van der Waals surface area contributed by atoms with E-state index in [0.29, 0.717) is 6.54 Å². The van der Waals surface area contributed by atoms with Crippen LogP contribution in [0.1, 0.15) is 16.7 Å². The molecule has 43 heavy (non-hydrogen) atoms. The van der Waals surface area contributed by atoms with Crippen LogP contribution in [-0.2, 0) is 6.54 Å². The minimum atomic E-state index is 0.604. The van der Waals surface area contributed by atoms with Crippen molar-refractivity contribution < 1.29 is 0 Å². The Morgan fingerprint density at radius 3 is 1.47 bits per heavy atom. The molecule has 0 unspecified atom stereocenters. The predicted octanol–water partition coefficient (Wildman–Crippen LogP) is 11.4. The number of benzene rings is 8. The van der Waals surface area contributed by atoms with E-state index in [0.717, 1.165) is 11.1 Å². The number of hydrogen-bond acceptors (Lipinski definition) is 1. The molecule has 0 bridgehead atoms. The van der Waals surface area contributed by atoms with Crippen LogP contribution >= 0.6 is 0 Å². The zero-order chi connectivity index (χ0) is 28.8. The van der Waals surface area contributed by atoms with Gasteiger partial charge in [-0.2, -0.15) is 0 Å². The average molecular weight is 548 g/mol. The molecular weight excluding hydrogens is 518 g/mol. The van der Waals surface area contributed by atoms with Crippen LogP contribution in [-0.4, -0.2) is 6.21 Å². The summed E-state index contributed by atoms with van der Waals surface area (Å²) < 4.78 is 0. The maximum absolute atomic E-state index is 4.96. The third-order valence-corrected chi connectivity index (χ3v) is 8.72. The van der Waals surface area contributed by atoms with E-state index in [9.17, 15) is 0 Å². The summed E-state index contributed by atoms with van der Waals surface area (Å²) in [6.07, 6.45) is 4.00. The van der Waals surface area contributed by atoms with Crippen molar-refractivity contribution in [2.75, 3.05) is 0 Å².